The fraction of sp³-hybridized carbons (Fsp3) is 1.00. The van der Waals surface area contributed by atoms with Crippen molar-refractivity contribution in [1.82, 2.24) is 0 Å². The molecule has 0 spiro atoms. The summed E-state index contributed by atoms with van der Waals surface area (Å²) in [4.78, 5) is 0. The summed E-state index contributed by atoms with van der Waals surface area (Å²) in [6, 6.07) is 0.625. The molecule has 1 saturated carbocycles. The van der Waals surface area contributed by atoms with Crippen molar-refractivity contribution in [2.45, 2.75) is 111 Å². The van der Waals surface area contributed by atoms with Gasteiger partial charge in [0, 0.05) is 58.1 Å². The molecule has 1 fully saturated rings. The van der Waals surface area contributed by atoms with E-state index in [1.54, 1.807) is 7.11 Å². The van der Waals surface area contributed by atoms with E-state index in [0.29, 0.717) is 45.7 Å². The van der Waals surface area contributed by atoms with Gasteiger partial charge in [-0.05, 0) is 60.8 Å². The van der Waals surface area contributed by atoms with Crippen molar-refractivity contribution < 1.29 is 39.8 Å². The van der Waals surface area contributed by atoms with Crippen LogP contribution in [0.1, 0.15) is 99.3 Å². The maximum absolute atomic E-state index is 7.38. The van der Waals surface area contributed by atoms with Crippen LogP contribution in [0, 0.1) is 0 Å². The number of rotatable bonds is 22. The van der Waals surface area contributed by atoms with Gasteiger partial charge < -0.3 is 39.8 Å². The first kappa shape index (κ1) is 37.8. The van der Waals surface area contributed by atoms with Gasteiger partial charge in [-0.25, -0.2) is 0 Å². The van der Waals surface area contributed by atoms with Gasteiger partial charge in [-0.15, -0.1) is 0 Å². The Morgan fingerprint density at radius 3 is 1.41 bits per heavy atom. The van der Waals surface area contributed by atoms with Crippen molar-refractivity contribution >= 4 is 42.3 Å². The first-order valence-electron chi connectivity index (χ1n) is 15.1. The van der Waals surface area contributed by atoms with Gasteiger partial charge in [0.25, 0.3) is 0 Å². The number of hydrogen-bond acceptors (Lipinski definition) is 9. The molecule has 13 heteroatoms. The number of alkyl halides is 1. The summed E-state index contributed by atoms with van der Waals surface area (Å²) in [5.41, 5.74) is 0. The zero-order valence-corrected chi connectivity index (χ0v) is 30.4. The molecule has 0 saturated heterocycles. The van der Waals surface area contributed by atoms with Gasteiger partial charge in [0.2, 0.25) is 0 Å². The Balaban J connectivity index is 3.65. The monoisotopic (exact) mass is 676 g/mol. The first-order chi connectivity index (χ1) is 18.9. The molecule has 1 atom stereocenters. The summed E-state index contributed by atoms with van der Waals surface area (Å²) in [7, 11) is -8.10. The fourth-order valence-electron chi connectivity index (χ4n) is 5.26. The third-order valence-electron chi connectivity index (χ3n) is 6.81. The van der Waals surface area contributed by atoms with E-state index >= 15 is 0 Å². The Kier molecular flexibility index (Phi) is 20.0. The highest BCUT2D eigenvalue weighted by Crippen LogP contribution is 2.42. The van der Waals surface area contributed by atoms with Gasteiger partial charge in [-0.2, -0.15) is 0 Å². The molecule has 0 aliphatic heterocycles. The van der Waals surface area contributed by atoms with E-state index in [9.17, 15) is 0 Å². The Bertz CT molecular complexity index is 579. The standard InChI is InChI=1S/C26H57BrO9Si3/c1-8-29-38(30-9-2,31-10-3)25-35-37(28-7,24-20-23-27)36-26(21-18-16-14-15-17-19-22-26)39(32-11-4,33-12-5)34-13-6/h8-25H2,1-7H3. The summed E-state index contributed by atoms with van der Waals surface area (Å²) < 4.78 is 58.5. The van der Waals surface area contributed by atoms with Gasteiger partial charge in [-0.3, -0.25) is 0 Å². The predicted molar refractivity (Wildman–Crippen MR) is 164 cm³/mol. The van der Waals surface area contributed by atoms with Crippen LogP contribution in [0.2, 0.25) is 6.04 Å². The molecule has 1 aliphatic carbocycles. The molecule has 9 nitrogen and oxygen atoms in total. The molecule has 0 radical (unpaired) electrons. The highest BCUT2D eigenvalue weighted by Gasteiger charge is 2.66. The predicted octanol–water partition coefficient (Wildman–Crippen LogP) is 6.44. The Labute approximate surface area is 250 Å². The molecule has 0 bridgehead atoms. The van der Waals surface area contributed by atoms with E-state index in [-0.39, 0.29) is 6.23 Å². The second-order valence-electron chi connectivity index (χ2n) is 9.52. The van der Waals surface area contributed by atoms with Gasteiger partial charge >= 0.3 is 26.4 Å². The number of halogens is 1. The maximum atomic E-state index is 7.38. The Morgan fingerprint density at radius 2 is 1.03 bits per heavy atom. The van der Waals surface area contributed by atoms with Crippen molar-refractivity contribution in [2.75, 3.05) is 58.3 Å². The normalized spacial score (nSPS) is 18.8. The van der Waals surface area contributed by atoms with E-state index in [0.717, 1.165) is 50.3 Å². The molecule has 0 aromatic rings. The van der Waals surface area contributed by atoms with Crippen LogP contribution in [-0.4, -0.2) is 89.9 Å². The topological polar surface area (TPSA) is 83.1 Å². The van der Waals surface area contributed by atoms with E-state index < -0.39 is 31.6 Å². The molecular weight excluding hydrogens is 620 g/mol. The minimum absolute atomic E-state index is 0.160. The Morgan fingerprint density at radius 1 is 0.590 bits per heavy atom. The molecule has 1 unspecified atom stereocenters. The van der Waals surface area contributed by atoms with E-state index in [1.807, 2.05) is 41.5 Å². The summed E-state index contributed by atoms with van der Waals surface area (Å²) in [6.45, 7) is 14.7. The lowest BCUT2D eigenvalue weighted by molar-refractivity contribution is -0.0650. The maximum Gasteiger partial charge on any atom is 0.533 e. The van der Waals surface area contributed by atoms with Crippen molar-refractivity contribution in [3.63, 3.8) is 0 Å². The lowest BCUT2D eigenvalue weighted by atomic mass is 10.1. The SMILES string of the molecule is CCO[Si](CO[Si](CCCBr)(OC)OC1([Si](OCC)(OCC)OCC)CCCCCCCC1)(OCC)OCC. The third kappa shape index (κ3) is 11.4. The van der Waals surface area contributed by atoms with Crippen LogP contribution in [0.5, 0.6) is 0 Å². The van der Waals surface area contributed by atoms with Gasteiger partial charge in [0.15, 0.2) is 0 Å². The molecule has 0 N–H and O–H groups in total. The fourth-order valence-corrected chi connectivity index (χ4v) is 15.7. The third-order valence-corrected chi connectivity index (χ3v) is 17.1. The molecule has 1 rings (SSSR count). The van der Waals surface area contributed by atoms with Gasteiger partial charge in [0.1, 0.15) is 11.5 Å². The summed E-state index contributed by atoms with van der Waals surface area (Å²) >= 11 is 3.61. The van der Waals surface area contributed by atoms with Gasteiger partial charge in [-0.1, -0.05) is 54.5 Å². The molecule has 0 aromatic heterocycles. The van der Waals surface area contributed by atoms with Crippen molar-refractivity contribution in [3.05, 3.63) is 0 Å². The van der Waals surface area contributed by atoms with Crippen molar-refractivity contribution in [3.8, 4) is 0 Å². The average Bonchev–Trinajstić information content (AvgIpc) is 3.04. The molecule has 1 aliphatic rings. The second kappa shape index (κ2) is 20.6. The average molecular weight is 678 g/mol. The molecule has 39 heavy (non-hydrogen) atoms. The highest BCUT2D eigenvalue weighted by molar-refractivity contribution is 9.09. The van der Waals surface area contributed by atoms with Crippen LogP contribution < -0.4 is 0 Å². The summed E-state index contributed by atoms with van der Waals surface area (Å²) in [6.07, 6.45) is 9.27. The molecule has 0 aromatic carbocycles. The second-order valence-corrected chi connectivity index (χ2v) is 18.5. The summed E-state index contributed by atoms with van der Waals surface area (Å²) in [5.74, 6) is 0. The van der Waals surface area contributed by atoms with Crippen LogP contribution in [-0.2, 0) is 39.8 Å². The molecule has 0 amide bonds. The van der Waals surface area contributed by atoms with Crippen LogP contribution in [0.4, 0.5) is 0 Å². The smallest absolute Gasteiger partial charge is 0.377 e. The van der Waals surface area contributed by atoms with E-state index in [1.165, 1.54) is 12.8 Å². The minimum Gasteiger partial charge on any atom is -0.377 e. The van der Waals surface area contributed by atoms with Crippen LogP contribution >= 0.6 is 15.9 Å². The zero-order chi connectivity index (χ0) is 29.1. The lowest BCUT2D eigenvalue weighted by Crippen LogP contribution is -2.70. The molecular formula is C26H57BrO9Si3. The summed E-state index contributed by atoms with van der Waals surface area (Å²) in [5, 5.41) is 0.0295. The quantitative estimate of drug-likeness (QED) is 0.0950. The lowest BCUT2D eigenvalue weighted by Gasteiger charge is -2.48. The Hall–Kier alpha value is 0.771. The van der Waals surface area contributed by atoms with Crippen molar-refractivity contribution in [2.24, 2.45) is 0 Å². The van der Waals surface area contributed by atoms with Crippen LogP contribution in [0.25, 0.3) is 0 Å². The first-order valence-corrected chi connectivity index (χ1v) is 21.9. The minimum atomic E-state index is -3.35. The highest BCUT2D eigenvalue weighted by atomic mass is 79.9. The van der Waals surface area contributed by atoms with E-state index in [2.05, 4.69) is 15.9 Å². The number of hydrogen-bond donors (Lipinski definition) is 0. The van der Waals surface area contributed by atoms with E-state index in [4.69, 9.17) is 39.8 Å². The zero-order valence-electron chi connectivity index (χ0n) is 25.8. The largest absolute Gasteiger partial charge is 0.533 e. The van der Waals surface area contributed by atoms with Crippen LogP contribution in [0.3, 0.4) is 0 Å². The van der Waals surface area contributed by atoms with Crippen molar-refractivity contribution in [1.29, 1.82) is 0 Å². The molecule has 0 heterocycles. The molecule has 234 valence electrons. The van der Waals surface area contributed by atoms with Crippen LogP contribution in [0.15, 0.2) is 0 Å². The van der Waals surface area contributed by atoms with Gasteiger partial charge in [0.05, 0.1) is 0 Å².